The van der Waals surface area contributed by atoms with Gasteiger partial charge in [-0.15, -0.1) is 0 Å². The Balaban J connectivity index is 1.93. The Bertz CT molecular complexity index is 836. The molecule has 2 amide bonds. The normalized spacial score (nSPS) is 11.1. The fourth-order valence-corrected chi connectivity index (χ4v) is 2.13. The lowest BCUT2D eigenvalue weighted by atomic mass is 10.2. The van der Waals surface area contributed by atoms with Crippen LogP contribution in [0, 0.1) is 6.92 Å². The monoisotopic (exact) mass is 360 g/mol. The minimum atomic E-state index is -0.625. The third-order valence-corrected chi connectivity index (χ3v) is 3.39. The number of phenolic OH excluding ortho intramolecular Hbond substituents is 1. The highest BCUT2D eigenvalue weighted by atomic mass is 35.5. The van der Waals surface area contributed by atoms with Crippen molar-refractivity contribution in [3.8, 4) is 5.75 Å². The van der Waals surface area contributed by atoms with Gasteiger partial charge in [-0.05, 0) is 49.7 Å². The second kappa shape index (κ2) is 8.25. The maximum absolute atomic E-state index is 12.0. The summed E-state index contributed by atoms with van der Waals surface area (Å²) >= 11 is 5.79. The Hall–Kier alpha value is -2.93. The molecule has 130 valence electrons. The molecule has 0 aliphatic rings. The third kappa shape index (κ3) is 5.58. The van der Waals surface area contributed by atoms with Gasteiger partial charge in [0.05, 0.1) is 12.0 Å². The predicted molar refractivity (Wildman–Crippen MR) is 95.9 cm³/mol. The zero-order valence-corrected chi connectivity index (χ0v) is 14.5. The van der Waals surface area contributed by atoms with Gasteiger partial charge in [-0.25, -0.2) is 10.4 Å². The third-order valence-electron chi connectivity index (χ3n) is 3.15. The molecule has 1 aromatic heterocycles. The van der Waals surface area contributed by atoms with Crippen molar-refractivity contribution in [3.05, 3.63) is 52.7 Å². The first-order chi connectivity index (χ1) is 11.8. The number of nitrogens with one attached hydrogen (secondary N) is 2. The van der Waals surface area contributed by atoms with E-state index in [1.165, 1.54) is 18.2 Å². The molecule has 0 atom stereocenters. The first kappa shape index (κ1) is 18.4. The number of aromatic nitrogens is 1. The van der Waals surface area contributed by atoms with Gasteiger partial charge in [-0.2, -0.15) is 5.10 Å². The molecule has 0 unspecified atom stereocenters. The lowest BCUT2D eigenvalue weighted by molar-refractivity contribution is -0.115. The minimum absolute atomic E-state index is 0.00235. The quantitative estimate of drug-likeness (QED) is 0.563. The fraction of sp³-hybridized carbons (Fsp3) is 0.176. The number of nitrogens with zero attached hydrogens (tertiary/aromatic N) is 2. The molecule has 0 saturated carbocycles. The summed E-state index contributed by atoms with van der Waals surface area (Å²) in [5, 5.41) is 16.5. The van der Waals surface area contributed by atoms with E-state index in [-0.39, 0.29) is 23.6 Å². The van der Waals surface area contributed by atoms with Gasteiger partial charge < -0.3 is 10.4 Å². The van der Waals surface area contributed by atoms with Crippen LogP contribution in [0.3, 0.4) is 0 Å². The zero-order valence-electron chi connectivity index (χ0n) is 13.7. The summed E-state index contributed by atoms with van der Waals surface area (Å²) in [5.74, 6) is -0.692. The number of halogens is 1. The molecule has 0 radical (unpaired) electrons. The first-order valence-corrected chi connectivity index (χ1v) is 7.77. The van der Waals surface area contributed by atoms with Gasteiger partial charge >= 0.3 is 0 Å². The Morgan fingerprint density at radius 1 is 1.28 bits per heavy atom. The summed E-state index contributed by atoms with van der Waals surface area (Å²) in [4.78, 5) is 28.0. The van der Waals surface area contributed by atoms with Crippen LogP contribution < -0.4 is 10.7 Å². The summed E-state index contributed by atoms with van der Waals surface area (Å²) in [5.41, 5.74) is 3.64. The molecule has 0 bridgehead atoms. The SMILES string of the molecule is CC(CC(=O)Nc1cc(C)ccn1)=NNC(=O)c1cc(Cl)ccc1O. The van der Waals surface area contributed by atoms with Crippen molar-refractivity contribution >= 4 is 34.9 Å². The van der Waals surface area contributed by atoms with Crippen molar-refractivity contribution in [1.82, 2.24) is 10.4 Å². The van der Waals surface area contributed by atoms with E-state index in [1.807, 2.05) is 13.0 Å². The first-order valence-electron chi connectivity index (χ1n) is 7.39. The molecule has 7 nitrogen and oxygen atoms in total. The molecule has 25 heavy (non-hydrogen) atoms. The van der Waals surface area contributed by atoms with Crippen LogP contribution in [-0.4, -0.2) is 27.6 Å². The summed E-state index contributed by atoms with van der Waals surface area (Å²) in [6, 6.07) is 7.67. The van der Waals surface area contributed by atoms with Crippen LogP contribution in [0.15, 0.2) is 41.6 Å². The van der Waals surface area contributed by atoms with Crippen molar-refractivity contribution in [1.29, 1.82) is 0 Å². The second-order valence-electron chi connectivity index (χ2n) is 5.39. The van der Waals surface area contributed by atoms with Gasteiger partial charge in [0, 0.05) is 16.9 Å². The number of amides is 2. The number of hydrazone groups is 1. The molecule has 1 aromatic carbocycles. The average molecular weight is 361 g/mol. The summed E-state index contributed by atoms with van der Waals surface area (Å²) in [7, 11) is 0. The van der Waals surface area contributed by atoms with Crippen molar-refractivity contribution in [2.24, 2.45) is 5.10 Å². The molecular formula is C17H17ClN4O3. The number of aryl methyl sites for hydroxylation is 1. The molecule has 3 N–H and O–H groups in total. The highest BCUT2D eigenvalue weighted by Crippen LogP contribution is 2.21. The number of carbonyl (C=O) groups excluding carboxylic acids is 2. The number of carbonyl (C=O) groups is 2. The summed E-state index contributed by atoms with van der Waals surface area (Å²) in [6.45, 7) is 3.49. The number of benzene rings is 1. The lowest BCUT2D eigenvalue weighted by Gasteiger charge is -2.06. The Kier molecular flexibility index (Phi) is 6.08. The Morgan fingerprint density at radius 2 is 2.04 bits per heavy atom. The average Bonchev–Trinajstić information content (AvgIpc) is 2.54. The topological polar surface area (TPSA) is 104 Å². The van der Waals surface area contributed by atoms with Crippen LogP contribution in [0.25, 0.3) is 0 Å². The molecule has 0 fully saturated rings. The number of rotatable bonds is 5. The standard InChI is InChI=1S/C17H17ClN4O3/c1-10-5-6-19-15(7-10)20-16(24)8-11(2)21-22-17(25)13-9-12(18)3-4-14(13)23/h3-7,9,23H,8H2,1-2H3,(H,22,25)(H,19,20,24). The highest BCUT2D eigenvalue weighted by Gasteiger charge is 2.12. The van der Waals surface area contributed by atoms with Gasteiger partial charge in [0.2, 0.25) is 5.91 Å². The van der Waals surface area contributed by atoms with E-state index in [2.05, 4.69) is 20.8 Å². The number of hydrogen-bond donors (Lipinski definition) is 3. The molecule has 0 aliphatic carbocycles. The van der Waals surface area contributed by atoms with E-state index in [9.17, 15) is 14.7 Å². The van der Waals surface area contributed by atoms with Crippen LogP contribution in [0.1, 0.15) is 29.3 Å². The van der Waals surface area contributed by atoms with Crippen LogP contribution in [-0.2, 0) is 4.79 Å². The second-order valence-corrected chi connectivity index (χ2v) is 5.83. The predicted octanol–water partition coefficient (Wildman–Crippen LogP) is 2.88. The molecular weight excluding hydrogens is 344 g/mol. The number of aromatic hydroxyl groups is 1. The number of hydrogen-bond acceptors (Lipinski definition) is 5. The highest BCUT2D eigenvalue weighted by molar-refractivity contribution is 6.31. The molecule has 8 heteroatoms. The van der Waals surface area contributed by atoms with E-state index in [4.69, 9.17) is 11.6 Å². The molecule has 2 aromatic rings. The fourth-order valence-electron chi connectivity index (χ4n) is 1.96. The van der Waals surface area contributed by atoms with Crippen molar-refractivity contribution in [2.75, 3.05) is 5.32 Å². The van der Waals surface area contributed by atoms with Gasteiger partial charge in [0.1, 0.15) is 11.6 Å². The molecule has 0 spiro atoms. The van der Waals surface area contributed by atoms with E-state index in [1.54, 1.807) is 19.2 Å². The van der Waals surface area contributed by atoms with Gasteiger partial charge in [-0.1, -0.05) is 11.6 Å². The molecule has 0 aliphatic heterocycles. The maximum atomic E-state index is 12.0. The Morgan fingerprint density at radius 3 is 2.76 bits per heavy atom. The van der Waals surface area contributed by atoms with Crippen molar-refractivity contribution in [3.63, 3.8) is 0 Å². The smallest absolute Gasteiger partial charge is 0.275 e. The van der Waals surface area contributed by atoms with Crippen molar-refractivity contribution in [2.45, 2.75) is 20.3 Å². The van der Waals surface area contributed by atoms with Crippen LogP contribution >= 0.6 is 11.6 Å². The summed E-state index contributed by atoms with van der Waals surface area (Å²) < 4.78 is 0. The number of anilines is 1. The van der Waals surface area contributed by atoms with E-state index in [0.717, 1.165) is 5.56 Å². The molecule has 0 saturated heterocycles. The summed E-state index contributed by atoms with van der Waals surface area (Å²) in [6.07, 6.45) is 1.58. The van der Waals surface area contributed by atoms with Gasteiger partial charge in [0.15, 0.2) is 0 Å². The number of pyridine rings is 1. The lowest BCUT2D eigenvalue weighted by Crippen LogP contribution is -2.21. The maximum Gasteiger partial charge on any atom is 0.275 e. The zero-order chi connectivity index (χ0) is 18.4. The van der Waals surface area contributed by atoms with Crippen molar-refractivity contribution < 1.29 is 14.7 Å². The molecule has 1 heterocycles. The minimum Gasteiger partial charge on any atom is -0.507 e. The van der Waals surface area contributed by atoms with Gasteiger partial charge in [0.25, 0.3) is 5.91 Å². The molecule has 2 rings (SSSR count). The van der Waals surface area contributed by atoms with Gasteiger partial charge in [-0.3, -0.25) is 9.59 Å². The largest absolute Gasteiger partial charge is 0.507 e. The number of phenols is 1. The Labute approximate surface area is 149 Å². The van der Waals surface area contributed by atoms with Crippen LogP contribution in [0.5, 0.6) is 5.75 Å². The van der Waals surface area contributed by atoms with E-state index < -0.39 is 5.91 Å². The van der Waals surface area contributed by atoms with E-state index in [0.29, 0.717) is 16.6 Å². The van der Waals surface area contributed by atoms with Crippen LogP contribution in [0.2, 0.25) is 5.02 Å². The van der Waals surface area contributed by atoms with E-state index >= 15 is 0 Å². The van der Waals surface area contributed by atoms with Crippen LogP contribution in [0.4, 0.5) is 5.82 Å².